The zero-order valence-corrected chi connectivity index (χ0v) is 11.5. The molecule has 1 heteroatoms. The van der Waals surface area contributed by atoms with Crippen LogP contribution in [0.2, 0.25) is 0 Å². The lowest BCUT2D eigenvalue weighted by atomic mass is 9.77. The van der Waals surface area contributed by atoms with Crippen LogP contribution in [-0.4, -0.2) is 5.78 Å². The Morgan fingerprint density at radius 3 is 2.38 bits per heavy atom. The summed E-state index contributed by atoms with van der Waals surface area (Å²) in [5.41, 5.74) is -0.141. The molecule has 0 radical (unpaired) electrons. The topological polar surface area (TPSA) is 17.1 Å². The number of hydrogen-bond donors (Lipinski definition) is 0. The summed E-state index contributed by atoms with van der Waals surface area (Å²) in [6.45, 7) is 8.46. The lowest BCUT2D eigenvalue weighted by Crippen LogP contribution is -2.21. The Morgan fingerprint density at radius 2 is 1.81 bits per heavy atom. The van der Waals surface area contributed by atoms with Crippen molar-refractivity contribution in [3.05, 3.63) is 0 Å². The van der Waals surface area contributed by atoms with Crippen molar-refractivity contribution in [1.82, 2.24) is 0 Å². The van der Waals surface area contributed by atoms with Crippen molar-refractivity contribution in [3.8, 4) is 0 Å². The van der Waals surface area contributed by atoms with Gasteiger partial charge in [0, 0.05) is 11.8 Å². The highest BCUT2D eigenvalue weighted by Crippen LogP contribution is 2.33. The number of rotatable bonds is 4. The van der Waals surface area contributed by atoms with Crippen molar-refractivity contribution in [1.29, 1.82) is 0 Å². The van der Waals surface area contributed by atoms with Gasteiger partial charge in [0.1, 0.15) is 5.78 Å². The molecule has 2 atom stereocenters. The van der Waals surface area contributed by atoms with Crippen LogP contribution in [0.3, 0.4) is 0 Å². The van der Waals surface area contributed by atoms with Gasteiger partial charge in [0.25, 0.3) is 0 Å². The second-order valence-corrected chi connectivity index (χ2v) is 6.59. The summed E-state index contributed by atoms with van der Waals surface area (Å²) in [5, 5.41) is 0. The van der Waals surface area contributed by atoms with Crippen LogP contribution in [0, 0.1) is 17.3 Å². The Kier molecular flexibility index (Phi) is 5.01. The second-order valence-electron chi connectivity index (χ2n) is 6.59. The van der Waals surface area contributed by atoms with Crippen LogP contribution in [0.15, 0.2) is 0 Å². The standard InChI is InChI=1S/C15H28O/c1-12-8-5-6-9-13(12)10-7-11-14(16)15(2,3)4/h12-13H,5-11H2,1-4H3. The summed E-state index contributed by atoms with van der Waals surface area (Å²) >= 11 is 0. The predicted molar refractivity (Wildman–Crippen MR) is 69.4 cm³/mol. The molecule has 1 aliphatic carbocycles. The summed E-state index contributed by atoms with van der Waals surface area (Å²) in [5.74, 6) is 2.20. The van der Waals surface area contributed by atoms with Gasteiger partial charge in [0.05, 0.1) is 0 Å². The molecule has 0 saturated heterocycles. The van der Waals surface area contributed by atoms with E-state index in [0.29, 0.717) is 5.78 Å². The number of Topliss-reactive ketones (excluding diaryl/α,β-unsaturated/α-hetero) is 1. The molecule has 2 unspecified atom stereocenters. The highest BCUT2D eigenvalue weighted by molar-refractivity contribution is 5.83. The molecule has 0 amide bonds. The van der Waals surface area contributed by atoms with Crippen LogP contribution in [0.25, 0.3) is 0 Å². The minimum absolute atomic E-state index is 0.141. The first kappa shape index (κ1) is 13.7. The van der Waals surface area contributed by atoms with E-state index in [1.54, 1.807) is 0 Å². The van der Waals surface area contributed by atoms with E-state index in [9.17, 15) is 4.79 Å². The van der Waals surface area contributed by atoms with Gasteiger partial charge in [-0.2, -0.15) is 0 Å². The minimum atomic E-state index is -0.141. The van der Waals surface area contributed by atoms with E-state index in [2.05, 4.69) is 6.92 Å². The molecule has 0 aromatic carbocycles. The average molecular weight is 224 g/mol. The van der Waals surface area contributed by atoms with Gasteiger partial charge in [-0.05, 0) is 24.7 Å². The molecule has 1 rings (SSSR count). The van der Waals surface area contributed by atoms with E-state index in [1.165, 1.54) is 32.1 Å². The van der Waals surface area contributed by atoms with Crippen molar-refractivity contribution >= 4 is 5.78 Å². The van der Waals surface area contributed by atoms with Crippen LogP contribution >= 0.6 is 0 Å². The first-order chi connectivity index (χ1) is 7.41. The van der Waals surface area contributed by atoms with Crippen molar-refractivity contribution in [3.63, 3.8) is 0 Å². The van der Waals surface area contributed by atoms with Crippen molar-refractivity contribution in [2.24, 2.45) is 17.3 Å². The fourth-order valence-corrected chi connectivity index (χ4v) is 2.72. The van der Waals surface area contributed by atoms with Gasteiger partial charge in [0.15, 0.2) is 0 Å². The monoisotopic (exact) mass is 224 g/mol. The van der Waals surface area contributed by atoms with Crippen molar-refractivity contribution in [2.75, 3.05) is 0 Å². The lowest BCUT2D eigenvalue weighted by molar-refractivity contribution is -0.126. The minimum Gasteiger partial charge on any atom is -0.299 e. The van der Waals surface area contributed by atoms with E-state index < -0.39 is 0 Å². The lowest BCUT2D eigenvalue weighted by Gasteiger charge is -2.28. The highest BCUT2D eigenvalue weighted by Gasteiger charge is 2.23. The van der Waals surface area contributed by atoms with Gasteiger partial charge < -0.3 is 0 Å². The Bertz CT molecular complexity index is 224. The molecule has 0 bridgehead atoms. The molecule has 0 aliphatic heterocycles. The maximum absolute atomic E-state index is 11.8. The van der Waals surface area contributed by atoms with Crippen LogP contribution in [0.4, 0.5) is 0 Å². The SMILES string of the molecule is CC1CCCCC1CCCC(=O)C(C)(C)C. The van der Waals surface area contributed by atoms with Gasteiger partial charge in [0.2, 0.25) is 0 Å². The number of ketones is 1. The van der Waals surface area contributed by atoms with Crippen molar-refractivity contribution in [2.45, 2.75) is 72.6 Å². The highest BCUT2D eigenvalue weighted by atomic mass is 16.1. The van der Waals surface area contributed by atoms with Gasteiger partial charge in [-0.15, -0.1) is 0 Å². The predicted octanol–water partition coefficient (Wildman–Crippen LogP) is 4.60. The van der Waals surface area contributed by atoms with Gasteiger partial charge in [-0.25, -0.2) is 0 Å². The summed E-state index contributed by atoms with van der Waals surface area (Å²) in [7, 11) is 0. The largest absolute Gasteiger partial charge is 0.299 e. The van der Waals surface area contributed by atoms with E-state index in [4.69, 9.17) is 0 Å². The molecule has 0 aromatic rings. The Labute approximate surface area is 101 Å². The molecule has 1 nitrogen and oxygen atoms in total. The molecule has 16 heavy (non-hydrogen) atoms. The molecule has 0 heterocycles. The average Bonchev–Trinajstić information content (AvgIpc) is 2.19. The molecular weight excluding hydrogens is 196 g/mol. The number of carbonyl (C=O) groups excluding carboxylic acids is 1. The molecule has 0 spiro atoms. The summed E-state index contributed by atoms with van der Waals surface area (Å²) in [6, 6.07) is 0. The molecule has 0 N–H and O–H groups in total. The molecule has 94 valence electrons. The quantitative estimate of drug-likeness (QED) is 0.682. The van der Waals surface area contributed by atoms with Crippen LogP contribution in [0.1, 0.15) is 72.6 Å². The molecule has 0 aromatic heterocycles. The Morgan fingerprint density at radius 1 is 1.19 bits per heavy atom. The fourth-order valence-electron chi connectivity index (χ4n) is 2.72. The smallest absolute Gasteiger partial charge is 0.138 e. The fraction of sp³-hybridized carbons (Fsp3) is 0.933. The number of carbonyl (C=O) groups is 1. The maximum Gasteiger partial charge on any atom is 0.138 e. The molecule has 1 aliphatic rings. The summed E-state index contributed by atoms with van der Waals surface area (Å²) < 4.78 is 0. The van der Waals surface area contributed by atoms with Gasteiger partial charge >= 0.3 is 0 Å². The normalized spacial score (nSPS) is 26.8. The molecular formula is C15H28O. The maximum atomic E-state index is 11.8. The van der Waals surface area contributed by atoms with E-state index in [0.717, 1.165) is 24.7 Å². The first-order valence-corrected chi connectivity index (χ1v) is 6.94. The Hall–Kier alpha value is -0.330. The zero-order valence-electron chi connectivity index (χ0n) is 11.5. The van der Waals surface area contributed by atoms with Crippen LogP contribution in [0.5, 0.6) is 0 Å². The van der Waals surface area contributed by atoms with Crippen molar-refractivity contribution < 1.29 is 4.79 Å². The third-order valence-corrected chi connectivity index (χ3v) is 4.10. The van der Waals surface area contributed by atoms with E-state index in [-0.39, 0.29) is 5.41 Å². The van der Waals surface area contributed by atoms with Crippen LogP contribution < -0.4 is 0 Å². The van der Waals surface area contributed by atoms with Crippen LogP contribution in [-0.2, 0) is 4.79 Å². The zero-order chi connectivity index (χ0) is 12.2. The molecule has 1 fully saturated rings. The van der Waals surface area contributed by atoms with Gasteiger partial charge in [-0.1, -0.05) is 53.4 Å². The van der Waals surface area contributed by atoms with Gasteiger partial charge in [-0.3, -0.25) is 4.79 Å². The Balaban J connectivity index is 2.22. The second kappa shape index (κ2) is 5.84. The first-order valence-electron chi connectivity index (χ1n) is 6.94. The third-order valence-electron chi connectivity index (χ3n) is 4.10. The van der Waals surface area contributed by atoms with E-state index >= 15 is 0 Å². The number of hydrogen-bond acceptors (Lipinski definition) is 1. The molecule has 1 saturated carbocycles. The summed E-state index contributed by atoms with van der Waals surface area (Å²) in [4.78, 5) is 11.8. The van der Waals surface area contributed by atoms with E-state index in [1.807, 2.05) is 20.8 Å². The summed E-state index contributed by atoms with van der Waals surface area (Å²) in [6.07, 6.45) is 8.77. The third kappa shape index (κ3) is 4.27.